The number of thioether (sulfide) groups is 1. The first-order valence-electron chi connectivity index (χ1n) is 6.25. The van der Waals surface area contributed by atoms with E-state index >= 15 is 0 Å². The van der Waals surface area contributed by atoms with Crippen molar-refractivity contribution in [1.82, 2.24) is 5.32 Å². The highest BCUT2D eigenvalue weighted by Crippen LogP contribution is 2.39. The summed E-state index contributed by atoms with van der Waals surface area (Å²) in [4.78, 5) is 5.90. The number of hydrogen-bond acceptors (Lipinski definition) is 4. The molecule has 0 aromatic carbocycles. The molecule has 1 atom stereocenters. The Morgan fingerprint density at radius 3 is 3.00 bits per heavy atom. The fraction of sp³-hybridized carbons (Fsp3) is 0.750. The van der Waals surface area contributed by atoms with Crippen LogP contribution in [0, 0.1) is 0 Å². The standard InChI is InChI=1S/C12H17ClN2OS/c13-11-7-10(12-9(15-11)3-6-17-12)14-8-1-4-16-5-2-8/h8,10,14H,1-7H2. The van der Waals surface area contributed by atoms with E-state index in [0.29, 0.717) is 12.1 Å². The Balaban J connectivity index is 1.68. The predicted octanol–water partition coefficient (Wildman–Crippen LogP) is 2.51. The number of allylic oxidation sites excluding steroid dienone is 1. The van der Waals surface area contributed by atoms with Crippen LogP contribution < -0.4 is 5.32 Å². The number of ether oxygens (including phenoxy) is 1. The number of aliphatic imine (C=N–C) groups is 1. The number of nitrogens with zero attached hydrogens (tertiary/aromatic N) is 1. The lowest BCUT2D eigenvalue weighted by molar-refractivity contribution is 0.0763. The molecule has 17 heavy (non-hydrogen) atoms. The van der Waals surface area contributed by atoms with Crippen LogP contribution in [-0.2, 0) is 4.74 Å². The summed E-state index contributed by atoms with van der Waals surface area (Å²) in [7, 11) is 0. The van der Waals surface area contributed by atoms with Crippen molar-refractivity contribution in [3.8, 4) is 0 Å². The number of nitrogens with one attached hydrogen (secondary N) is 1. The van der Waals surface area contributed by atoms with Crippen molar-refractivity contribution in [3.05, 3.63) is 10.6 Å². The molecule has 1 saturated heterocycles. The van der Waals surface area contributed by atoms with Gasteiger partial charge in [-0.2, -0.15) is 0 Å². The summed E-state index contributed by atoms with van der Waals surface area (Å²) >= 11 is 8.08. The molecule has 0 aliphatic carbocycles. The Morgan fingerprint density at radius 2 is 2.18 bits per heavy atom. The highest BCUT2D eigenvalue weighted by atomic mass is 35.5. The third-order valence-corrected chi connectivity index (χ3v) is 4.96. The van der Waals surface area contributed by atoms with Gasteiger partial charge in [-0.15, -0.1) is 11.8 Å². The highest BCUT2D eigenvalue weighted by molar-refractivity contribution is 8.03. The van der Waals surface area contributed by atoms with E-state index in [2.05, 4.69) is 10.3 Å². The van der Waals surface area contributed by atoms with Gasteiger partial charge in [-0.1, -0.05) is 11.6 Å². The van der Waals surface area contributed by atoms with Crippen molar-refractivity contribution in [2.75, 3.05) is 19.0 Å². The van der Waals surface area contributed by atoms with Crippen LogP contribution >= 0.6 is 23.4 Å². The van der Waals surface area contributed by atoms with E-state index < -0.39 is 0 Å². The van der Waals surface area contributed by atoms with Crippen molar-refractivity contribution in [2.24, 2.45) is 4.99 Å². The monoisotopic (exact) mass is 272 g/mol. The largest absolute Gasteiger partial charge is 0.381 e. The molecule has 1 fully saturated rings. The third kappa shape index (κ3) is 2.70. The second-order valence-corrected chi connectivity index (χ2v) is 6.28. The summed E-state index contributed by atoms with van der Waals surface area (Å²) in [5, 5.41) is 4.50. The summed E-state index contributed by atoms with van der Waals surface area (Å²) in [5.74, 6) is 1.16. The molecule has 3 rings (SSSR count). The molecular weight excluding hydrogens is 256 g/mol. The van der Waals surface area contributed by atoms with Crippen molar-refractivity contribution < 1.29 is 4.74 Å². The average molecular weight is 273 g/mol. The maximum absolute atomic E-state index is 6.14. The lowest BCUT2D eigenvalue weighted by atomic mass is 10.0. The van der Waals surface area contributed by atoms with Gasteiger partial charge in [0.25, 0.3) is 0 Å². The van der Waals surface area contributed by atoms with Gasteiger partial charge in [-0.3, -0.25) is 0 Å². The van der Waals surface area contributed by atoms with E-state index in [1.807, 2.05) is 11.8 Å². The summed E-state index contributed by atoms with van der Waals surface area (Å²) in [6, 6.07) is 0.969. The van der Waals surface area contributed by atoms with E-state index in [-0.39, 0.29) is 0 Å². The number of halogens is 1. The van der Waals surface area contributed by atoms with Crippen LogP contribution in [0.1, 0.15) is 25.7 Å². The molecule has 0 bridgehead atoms. The molecular formula is C12H17ClN2OS. The van der Waals surface area contributed by atoms with Crippen LogP contribution in [-0.4, -0.2) is 36.2 Å². The Kier molecular flexibility index (Phi) is 3.75. The Morgan fingerprint density at radius 1 is 1.35 bits per heavy atom. The first-order valence-corrected chi connectivity index (χ1v) is 7.62. The molecule has 0 saturated carbocycles. The zero-order valence-electron chi connectivity index (χ0n) is 9.75. The number of rotatable bonds is 2. The molecule has 0 radical (unpaired) electrons. The summed E-state index contributed by atoms with van der Waals surface area (Å²) in [6.07, 6.45) is 4.14. The van der Waals surface area contributed by atoms with E-state index in [1.165, 1.54) is 10.6 Å². The zero-order chi connectivity index (χ0) is 11.7. The first kappa shape index (κ1) is 12.0. The van der Waals surface area contributed by atoms with Gasteiger partial charge in [-0.25, -0.2) is 4.99 Å². The maximum Gasteiger partial charge on any atom is 0.108 e. The van der Waals surface area contributed by atoms with Gasteiger partial charge in [0.2, 0.25) is 0 Å². The van der Waals surface area contributed by atoms with Crippen molar-refractivity contribution in [3.63, 3.8) is 0 Å². The molecule has 94 valence electrons. The third-order valence-electron chi connectivity index (χ3n) is 3.48. The van der Waals surface area contributed by atoms with Gasteiger partial charge in [0.1, 0.15) is 5.17 Å². The quantitative estimate of drug-likeness (QED) is 0.839. The Hall–Kier alpha value is -0.0300. The molecule has 3 heterocycles. The second kappa shape index (κ2) is 5.31. The highest BCUT2D eigenvalue weighted by Gasteiger charge is 2.30. The average Bonchev–Trinajstić information content (AvgIpc) is 2.78. The van der Waals surface area contributed by atoms with Crippen LogP contribution in [0.15, 0.2) is 15.6 Å². The molecule has 5 heteroatoms. The fourth-order valence-electron chi connectivity index (χ4n) is 2.61. The lowest BCUT2D eigenvalue weighted by Crippen LogP contribution is -2.43. The van der Waals surface area contributed by atoms with Gasteiger partial charge in [0.05, 0.1) is 5.70 Å². The molecule has 0 aromatic rings. The molecule has 3 nitrogen and oxygen atoms in total. The minimum Gasteiger partial charge on any atom is -0.381 e. The van der Waals surface area contributed by atoms with E-state index in [9.17, 15) is 0 Å². The molecule has 0 amide bonds. The van der Waals surface area contributed by atoms with Gasteiger partial charge >= 0.3 is 0 Å². The van der Waals surface area contributed by atoms with Gasteiger partial charge in [0, 0.05) is 42.4 Å². The topological polar surface area (TPSA) is 33.6 Å². The zero-order valence-corrected chi connectivity index (χ0v) is 11.3. The predicted molar refractivity (Wildman–Crippen MR) is 72.8 cm³/mol. The van der Waals surface area contributed by atoms with Gasteiger partial charge < -0.3 is 10.1 Å². The van der Waals surface area contributed by atoms with E-state index in [1.54, 1.807) is 0 Å². The minimum absolute atomic E-state index is 0.394. The summed E-state index contributed by atoms with van der Waals surface area (Å²) in [6.45, 7) is 1.76. The Labute approximate surface area is 111 Å². The minimum atomic E-state index is 0.394. The smallest absolute Gasteiger partial charge is 0.108 e. The van der Waals surface area contributed by atoms with Crippen LogP contribution in [0.5, 0.6) is 0 Å². The van der Waals surface area contributed by atoms with Crippen LogP contribution in [0.2, 0.25) is 0 Å². The molecule has 3 aliphatic rings. The molecule has 3 aliphatic heterocycles. The van der Waals surface area contributed by atoms with Crippen molar-refractivity contribution >= 4 is 28.5 Å². The van der Waals surface area contributed by atoms with Crippen molar-refractivity contribution in [2.45, 2.75) is 37.8 Å². The SMILES string of the molecule is ClC1=NC2=C(SCC2)C(NC2CCOCC2)C1. The van der Waals surface area contributed by atoms with E-state index in [0.717, 1.165) is 49.8 Å². The molecule has 0 spiro atoms. The van der Waals surface area contributed by atoms with Crippen molar-refractivity contribution in [1.29, 1.82) is 0 Å². The van der Waals surface area contributed by atoms with Crippen LogP contribution in [0.25, 0.3) is 0 Å². The first-order chi connectivity index (χ1) is 8.33. The normalized spacial score (nSPS) is 30.4. The molecule has 1 N–H and O–H groups in total. The molecule has 1 unspecified atom stereocenters. The molecule has 0 aromatic heterocycles. The van der Waals surface area contributed by atoms with Gasteiger partial charge in [-0.05, 0) is 19.3 Å². The van der Waals surface area contributed by atoms with Crippen LogP contribution in [0.3, 0.4) is 0 Å². The number of hydrogen-bond donors (Lipinski definition) is 1. The fourth-order valence-corrected chi connectivity index (χ4v) is 4.05. The summed E-state index contributed by atoms with van der Waals surface area (Å²) < 4.78 is 5.39. The maximum atomic E-state index is 6.14. The van der Waals surface area contributed by atoms with Crippen LogP contribution in [0.4, 0.5) is 0 Å². The van der Waals surface area contributed by atoms with Gasteiger partial charge in [0.15, 0.2) is 0 Å². The Bertz CT molecular complexity index is 364. The van der Waals surface area contributed by atoms with E-state index in [4.69, 9.17) is 16.3 Å². The second-order valence-electron chi connectivity index (χ2n) is 4.71. The summed E-state index contributed by atoms with van der Waals surface area (Å²) in [5.41, 5.74) is 1.22. The lowest BCUT2D eigenvalue weighted by Gasteiger charge is -2.30.